The summed E-state index contributed by atoms with van der Waals surface area (Å²) in [6.45, 7) is 2.10. The van der Waals surface area contributed by atoms with Crippen LogP contribution < -0.4 is 0 Å². The van der Waals surface area contributed by atoms with E-state index >= 15 is 0 Å². The molecule has 0 N–H and O–H groups in total. The summed E-state index contributed by atoms with van der Waals surface area (Å²) in [5.74, 6) is -0.271. The van der Waals surface area contributed by atoms with Crippen molar-refractivity contribution in [3.8, 4) is 0 Å². The molecule has 2 aromatic carbocycles. The van der Waals surface area contributed by atoms with Gasteiger partial charge in [0.1, 0.15) is 0 Å². The zero-order valence-electron chi connectivity index (χ0n) is 13.0. The maximum Gasteiger partial charge on any atom is 0.266 e. The number of sulfonamides is 1. The van der Waals surface area contributed by atoms with E-state index in [0.29, 0.717) is 6.42 Å². The molecule has 4 nitrogen and oxygen atoms in total. The van der Waals surface area contributed by atoms with Crippen molar-refractivity contribution >= 4 is 15.9 Å². The number of benzene rings is 2. The van der Waals surface area contributed by atoms with Crippen molar-refractivity contribution in [3.63, 3.8) is 0 Å². The molecule has 3 rings (SSSR count). The Balaban J connectivity index is 1.90. The van der Waals surface area contributed by atoms with Crippen LogP contribution >= 0.6 is 0 Å². The Hall–Kier alpha value is -2.14. The molecule has 1 saturated heterocycles. The van der Waals surface area contributed by atoms with E-state index in [9.17, 15) is 13.2 Å². The van der Waals surface area contributed by atoms with Crippen molar-refractivity contribution in [2.45, 2.75) is 30.6 Å². The lowest BCUT2D eigenvalue weighted by Gasteiger charge is -2.32. The number of amides is 1. The first-order valence-electron chi connectivity index (χ1n) is 7.65. The molecule has 0 radical (unpaired) electrons. The average Bonchev–Trinajstić information content (AvgIpc) is 2.56. The van der Waals surface area contributed by atoms with Crippen molar-refractivity contribution in [1.82, 2.24) is 4.31 Å². The first-order valence-corrected chi connectivity index (χ1v) is 9.09. The van der Waals surface area contributed by atoms with Gasteiger partial charge in [0.25, 0.3) is 10.0 Å². The zero-order chi connectivity index (χ0) is 16.4. The topological polar surface area (TPSA) is 54.5 Å². The second-order valence-electron chi connectivity index (χ2n) is 5.89. The third kappa shape index (κ3) is 3.15. The minimum absolute atomic E-state index is 0.0501. The van der Waals surface area contributed by atoms with Crippen molar-refractivity contribution in [3.05, 3.63) is 65.7 Å². The van der Waals surface area contributed by atoms with Crippen LogP contribution in [0.2, 0.25) is 0 Å². The van der Waals surface area contributed by atoms with E-state index in [2.05, 4.69) is 0 Å². The van der Waals surface area contributed by atoms with E-state index in [1.165, 1.54) is 0 Å². The number of carbonyl (C=O) groups is 1. The average molecular weight is 329 g/mol. The van der Waals surface area contributed by atoms with Gasteiger partial charge in [-0.2, -0.15) is 0 Å². The fourth-order valence-corrected chi connectivity index (χ4v) is 4.35. The lowest BCUT2D eigenvalue weighted by Crippen LogP contribution is -2.43. The Labute approximate surface area is 136 Å². The van der Waals surface area contributed by atoms with Crippen LogP contribution in [0, 0.1) is 6.92 Å². The van der Waals surface area contributed by atoms with Gasteiger partial charge in [-0.25, -0.2) is 12.7 Å². The highest BCUT2D eigenvalue weighted by Crippen LogP contribution is 2.30. The van der Waals surface area contributed by atoms with Crippen molar-refractivity contribution < 1.29 is 13.2 Å². The summed E-state index contributed by atoms with van der Waals surface area (Å²) < 4.78 is 26.6. The number of rotatable bonds is 3. The van der Waals surface area contributed by atoms with Crippen LogP contribution in [-0.4, -0.2) is 25.2 Å². The molecule has 0 bridgehead atoms. The molecule has 120 valence electrons. The van der Waals surface area contributed by atoms with E-state index in [-0.39, 0.29) is 29.7 Å². The number of nitrogens with zero attached hydrogens (tertiary/aromatic N) is 1. The van der Waals surface area contributed by atoms with E-state index in [0.717, 1.165) is 15.4 Å². The Morgan fingerprint density at radius 2 is 1.65 bits per heavy atom. The summed E-state index contributed by atoms with van der Waals surface area (Å²) in [4.78, 5) is 12.4. The number of hydrogen-bond donors (Lipinski definition) is 0. The lowest BCUT2D eigenvalue weighted by atomic mass is 9.91. The minimum Gasteiger partial charge on any atom is -0.274 e. The van der Waals surface area contributed by atoms with E-state index < -0.39 is 10.0 Å². The third-order valence-electron chi connectivity index (χ3n) is 4.25. The Morgan fingerprint density at radius 3 is 2.30 bits per heavy atom. The van der Waals surface area contributed by atoms with E-state index in [1.54, 1.807) is 24.3 Å². The smallest absolute Gasteiger partial charge is 0.266 e. The molecule has 2 aromatic rings. The van der Waals surface area contributed by atoms with Gasteiger partial charge in [-0.1, -0.05) is 48.0 Å². The maximum atomic E-state index is 12.8. The zero-order valence-corrected chi connectivity index (χ0v) is 13.8. The van der Waals surface area contributed by atoms with Gasteiger partial charge in [0.05, 0.1) is 4.90 Å². The van der Waals surface area contributed by atoms with Crippen LogP contribution in [0.1, 0.15) is 29.9 Å². The summed E-state index contributed by atoms with van der Waals surface area (Å²) in [5, 5.41) is 0. The molecule has 0 aliphatic carbocycles. The number of aryl methyl sites for hydroxylation is 1. The van der Waals surface area contributed by atoms with Gasteiger partial charge in [-0.05, 0) is 31.0 Å². The van der Waals surface area contributed by atoms with Gasteiger partial charge in [0, 0.05) is 18.9 Å². The number of carbonyl (C=O) groups excluding carboxylic acids is 1. The van der Waals surface area contributed by atoms with Crippen LogP contribution in [0.25, 0.3) is 0 Å². The van der Waals surface area contributed by atoms with E-state index in [4.69, 9.17) is 0 Å². The molecule has 1 amide bonds. The van der Waals surface area contributed by atoms with Crippen LogP contribution in [0.3, 0.4) is 0 Å². The van der Waals surface area contributed by atoms with E-state index in [1.807, 2.05) is 37.3 Å². The number of hydrogen-bond acceptors (Lipinski definition) is 3. The van der Waals surface area contributed by atoms with Gasteiger partial charge >= 0.3 is 0 Å². The predicted molar refractivity (Wildman–Crippen MR) is 88.5 cm³/mol. The standard InChI is InChI=1S/C18H19NO3S/c1-14-7-10-17(11-8-14)23(21,22)19-13-16(9-12-18(19)20)15-5-3-2-4-6-15/h2-8,10-11,16H,9,12-13H2,1H3. The van der Waals surface area contributed by atoms with Gasteiger partial charge in [-0.15, -0.1) is 0 Å². The van der Waals surface area contributed by atoms with Crippen LogP contribution in [0.5, 0.6) is 0 Å². The fraction of sp³-hybridized carbons (Fsp3) is 0.278. The number of piperidine rings is 1. The molecular formula is C18H19NO3S. The summed E-state index contributed by atoms with van der Waals surface area (Å²) in [6.07, 6.45) is 0.938. The van der Waals surface area contributed by atoms with Gasteiger partial charge < -0.3 is 0 Å². The molecule has 1 atom stereocenters. The molecule has 23 heavy (non-hydrogen) atoms. The van der Waals surface area contributed by atoms with Crippen LogP contribution in [-0.2, 0) is 14.8 Å². The summed E-state index contributed by atoms with van der Waals surface area (Å²) >= 11 is 0. The SMILES string of the molecule is Cc1ccc(S(=O)(=O)N2CC(c3ccccc3)CCC2=O)cc1. The Kier molecular flexibility index (Phi) is 4.22. The molecule has 0 saturated carbocycles. The van der Waals surface area contributed by atoms with Crippen LogP contribution in [0.15, 0.2) is 59.5 Å². The summed E-state index contributed by atoms with van der Waals surface area (Å²) in [5.41, 5.74) is 2.06. The molecule has 0 spiro atoms. The quantitative estimate of drug-likeness (QED) is 0.869. The van der Waals surface area contributed by atoms with Crippen molar-refractivity contribution in [2.75, 3.05) is 6.54 Å². The lowest BCUT2D eigenvalue weighted by molar-refractivity contribution is -0.128. The Bertz CT molecular complexity index is 798. The molecule has 1 fully saturated rings. The largest absolute Gasteiger partial charge is 0.274 e. The van der Waals surface area contributed by atoms with Gasteiger partial charge in [0.2, 0.25) is 5.91 Å². The highest BCUT2D eigenvalue weighted by atomic mass is 32.2. The first kappa shape index (κ1) is 15.7. The first-order chi connectivity index (χ1) is 11.0. The summed E-state index contributed by atoms with van der Waals surface area (Å²) in [7, 11) is -3.79. The van der Waals surface area contributed by atoms with Crippen LogP contribution in [0.4, 0.5) is 0 Å². The van der Waals surface area contributed by atoms with Gasteiger partial charge in [0.15, 0.2) is 0 Å². The molecule has 1 aliphatic rings. The molecule has 5 heteroatoms. The van der Waals surface area contributed by atoms with Crippen molar-refractivity contribution in [2.24, 2.45) is 0 Å². The van der Waals surface area contributed by atoms with Gasteiger partial charge in [-0.3, -0.25) is 4.79 Å². The molecule has 1 heterocycles. The predicted octanol–water partition coefficient (Wildman–Crippen LogP) is 3.09. The Morgan fingerprint density at radius 1 is 1.00 bits per heavy atom. The molecule has 0 aromatic heterocycles. The molecule has 1 unspecified atom stereocenters. The second-order valence-corrected chi connectivity index (χ2v) is 7.75. The molecular weight excluding hydrogens is 310 g/mol. The highest BCUT2D eigenvalue weighted by Gasteiger charge is 2.35. The minimum atomic E-state index is -3.79. The van der Waals surface area contributed by atoms with Crippen molar-refractivity contribution in [1.29, 1.82) is 0 Å². The fourth-order valence-electron chi connectivity index (χ4n) is 2.88. The molecule has 1 aliphatic heterocycles. The third-order valence-corrected chi connectivity index (χ3v) is 6.05. The monoisotopic (exact) mass is 329 g/mol. The normalized spacial score (nSPS) is 18.9. The maximum absolute atomic E-state index is 12.8. The second kappa shape index (κ2) is 6.16. The highest BCUT2D eigenvalue weighted by molar-refractivity contribution is 7.89. The summed E-state index contributed by atoms with van der Waals surface area (Å²) in [6, 6.07) is 16.4.